The van der Waals surface area contributed by atoms with Crippen LogP contribution in [0.15, 0.2) is 34.7 Å². The van der Waals surface area contributed by atoms with Crippen molar-refractivity contribution in [3.05, 3.63) is 51.0 Å². The molecule has 0 atom stereocenters. The summed E-state index contributed by atoms with van der Waals surface area (Å²) in [5.74, 6) is 3.43. The SMILES string of the molecule is Cc1oc(CNCC(C)C)cc1COc1cccc(I)c1. The molecule has 0 unspecified atom stereocenters. The fraction of sp³-hybridized carbons (Fsp3) is 0.412. The van der Waals surface area contributed by atoms with E-state index in [4.69, 9.17) is 9.15 Å². The molecule has 1 heterocycles. The second-order valence-electron chi connectivity index (χ2n) is 5.56. The van der Waals surface area contributed by atoms with Gasteiger partial charge in [0.15, 0.2) is 0 Å². The van der Waals surface area contributed by atoms with Gasteiger partial charge >= 0.3 is 0 Å². The zero-order chi connectivity index (χ0) is 15.2. The van der Waals surface area contributed by atoms with E-state index in [1.165, 1.54) is 3.57 Å². The number of hydrogen-bond donors (Lipinski definition) is 1. The summed E-state index contributed by atoms with van der Waals surface area (Å²) in [6.07, 6.45) is 0. The first-order chi connectivity index (χ1) is 10.0. The highest BCUT2D eigenvalue weighted by Gasteiger charge is 2.08. The van der Waals surface area contributed by atoms with E-state index in [1.807, 2.05) is 25.1 Å². The van der Waals surface area contributed by atoms with Gasteiger partial charge in [0.2, 0.25) is 0 Å². The maximum Gasteiger partial charge on any atom is 0.120 e. The van der Waals surface area contributed by atoms with Gasteiger partial charge in [-0.15, -0.1) is 0 Å². The first-order valence-electron chi connectivity index (χ1n) is 7.22. The largest absolute Gasteiger partial charge is 0.489 e. The van der Waals surface area contributed by atoms with E-state index in [-0.39, 0.29) is 0 Å². The Kier molecular flexibility index (Phi) is 6.11. The number of aryl methyl sites for hydroxylation is 1. The average Bonchev–Trinajstić information content (AvgIpc) is 2.76. The average molecular weight is 399 g/mol. The molecule has 0 aliphatic carbocycles. The molecule has 0 spiro atoms. The van der Waals surface area contributed by atoms with Gasteiger partial charge in [-0.25, -0.2) is 0 Å². The van der Waals surface area contributed by atoms with Crippen LogP contribution in [0.1, 0.15) is 30.9 Å². The van der Waals surface area contributed by atoms with Crippen LogP contribution in [0.4, 0.5) is 0 Å². The highest BCUT2D eigenvalue weighted by molar-refractivity contribution is 14.1. The Morgan fingerprint density at radius 1 is 1.29 bits per heavy atom. The van der Waals surface area contributed by atoms with Crippen molar-refractivity contribution in [3.8, 4) is 5.75 Å². The van der Waals surface area contributed by atoms with Crippen LogP contribution in [-0.2, 0) is 13.2 Å². The Bertz CT molecular complexity index is 578. The highest BCUT2D eigenvalue weighted by atomic mass is 127. The first kappa shape index (κ1) is 16.4. The van der Waals surface area contributed by atoms with Crippen LogP contribution in [0, 0.1) is 16.4 Å². The Morgan fingerprint density at radius 3 is 2.81 bits per heavy atom. The Morgan fingerprint density at radius 2 is 2.10 bits per heavy atom. The number of hydrogen-bond acceptors (Lipinski definition) is 3. The third kappa shape index (κ3) is 5.36. The molecule has 0 radical (unpaired) electrons. The van der Waals surface area contributed by atoms with Crippen molar-refractivity contribution in [2.45, 2.75) is 33.9 Å². The van der Waals surface area contributed by atoms with Crippen molar-refractivity contribution in [1.82, 2.24) is 5.32 Å². The number of furan rings is 1. The summed E-state index contributed by atoms with van der Waals surface area (Å²) in [6.45, 7) is 8.68. The lowest BCUT2D eigenvalue weighted by Crippen LogP contribution is -2.18. The molecule has 0 saturated carbocycles. The third-order valence-electron chi connectivity index (χ3n) is 3.11. The number of nitrogens with one attached hydrogen (secondary N) is 1. The van der Waals surface area contributed by atoms with E-state index in [1.54, 1.807) is 0 Å². The molecule has 3 nitrogen and oxygen atoms in total. The second-order valence-corrected chi connectivity index (χ2v) is 6.81. The van der Waals surface area contributed by atoms with E-state index in [9.17, 15) is 0 Å². The van der Waals surface area contributed by atoms with E-state index < -0.39 is 0 Å². The number of benzene rings is 1. The summed E-state index contributed by atoms with van der Waals surface area (Å²) < 4.78 is 12.8. The maximum absolute atomic E-state index is 5.82. The molecule has 1 N–H and O–H groups in total. The minimum absolute atomic E-state index is 0.541. The molecule has 114 valence electrons. The number of rotatable bonds is 7. The maximum atomic E-state index is 5.82. The monoisotopic (exact) mass is 399 g/mol. The molecule has 2 rings (SSSR count). The van der Waals surface area contributed by atoms with Crippen molar-refractivity contribution >= 4 is 22.6 Å². The van der Waals surface area contributed by atoms with Gasteiger partial charge in [0.1, 0.15) is 23.9 Å². The van der Waals surface area contributed by atoms with Gasteiger partial charge in [0.25, 0.3) is 0 Å². The lowest BCUT2D eigenvalue weighted by molar-refractivity contribution is 0.302. The summed E-state index contributed by atoms with van der Waals surface area (Å²) in [6, 6.07) is 10.1. The van der Waals surface area contributed by atoms with Crippen molar-refractivity contribution in [2.75, 3.05) is 6.54 Å². The van der Waals surface area contributed by atoms with Crippen molar-refractivity contribution in [3.63, 3.8) is 0 Å². The smallest absolute Gasteiger partial charge is 0.120 e. The second kappa shape index (κ2) is 7.84. The fourth-order valence-corrected chi connectivity index (χ4v) is 2.53. The van der Waals surface area contributed by atoms with Gasteiger partial charge in [-0.3, -0.25) is 0 Å². The van der Waals surface area contributed by atoms with Gasteiger partial charge in [-0.1, -0.05) is 19.9 Å². The topological polar surface area (TPSA) is 34.4 Å². The number of ether oxygens (including phenoxy) is 1. The van der Waals surface area contributed by atoms with Crippen LogP contribution in [-0.4, -0.2) is 6.54 Å². The summed E-state index contributed by atoms with van der Waals surface area (Å²) in [5, 5.41) is 3.39. The highest BCUT2D eigenvalue weighted by Crippen LogP contribution is 2.19. The summed E-state index contributed by atoms with van der Waals surface area (Å²) in [4.78, 5) is 0. The molecule has 2 aromatic rings. The zero-order valence-corrected chi connectivity index (χ0v) is 14.9. The minimum Gasteiger partial charge on any atom is -0.489 e. The van der Waals surface area contributed by atoms with E-state index in [0.717, 1.165) is 35.9 Å². The predicted octanol–water partition coefficient (Wildman–Crippen LogP) is 4.52. The van der Waals surface area contributed by atoms with Gasteiger partial charge in [-0.05, 0) is 66.2 Å². The predicted molar refractivity (Wildman–Crippen MR) is 93.5 cm³/mol. The van der Waals surface area contributed by atoms with Gasteiger partial charge in [0.05, 0.1) is 6.54 Å². The molecular formula is C17H22INO2. The molecule has 1 aromatic carbocycles. The van der Waals surface area contributed by atoms with E-state index in [0.29, 0.717) is 12.5 Å². The quantitative estimate of drug-likeness (QED) is 0.696. The normalized spacial score (nSPS) is 11.1. The minimum atomic E-state index is 0.541. The zero-order valence-electron chi connectivity index (χ0n) is 12.8. The molecule has 21 heavy (non-hydrogen) atoms. The molecule has 0 saturated heterocycles. The first-order valence-corrected chi connectivity index (χ1v) is 8.29. The fourth-order valence-electron chi connectivity index (χ4n) is 2.02. The lowest BCUT2D eigenvalue weighted by Gasteiger charge is -2.05. The van der Waals surface area contributed by atoms with Crippen molar-refractivity contribution in [1.29, 1.82) is 0 Å². The lowest BCUT2D eigenvalue weighted by atomic mass is 10.2. The Hall–Kier alpha value is -1.01. The number of halogens is 1. The van der Waals surface area contributed by atoms with Crippen molar-refractivity contribution < 1.29 is 9.15 Å². The van der Waals surface area contributed by atoms with Gasteiger partial charge < -0.3 is 14.5 Å². The molecular weight excluding hydrogens is 377 g/mol. The molecule has 0 amide bonds. The van der Waals surface area contributed by atoms with Crippen LogP contribution in [0.25, 0.3) is 0 Å². The van der Waals surface area contributed by atoms with Gasteiger partial charge in [-0.2, -0.15) is 0 Å². The van der Waals surface area contributed by atoms with Crippen LogP contribution >= 0.6 is 22.6 Å². The van der Waals surface area contributed by atoms with Crippen LogP contribution in [0.3, 0.4) is 0 Å². The summed E-state index contributed by atoms with van der Waals surface area (Å²) in [7, 11) is 0. The van der Waals surface area contributed by atoms with Crippen LogP contribution < -0.4 is 10.1 Å². The van der Waals surface area contributed by atoms with E-state index >= 15 is 0 Å². The molecule has 1 aromatic heterocycles. The summed E-state index contributed by atoms with van der Waals surface area (Å²) >= 11 is 2.28. The van der Waals surface area contributed by atoms with Gasteiger partial charge in [0, 0.05) is 9.13 Å². The van der Waals surface area contributed by atoms with Crippen molar-refractivity contribution in [2.24, 2.45) is 5.92 Å². The Labute approximate surface area is 140 Å². The Balaban J connectivity index is 1.90. The molecule has 0 fully saturated rings. The summed E-state index contributed by atoms with van der Waals surface area (Å²) in [5.41, 5.74) is 1.11. The van der Waals surface area contributed by atoms with Crippen LogP contribution in [0.5, 0.6) is 5.75 Å². The van der Waals surface area contributed by atoms with Crippen LogP contribution in [0.2, 0.25) is 0 Å². The standard InChI is InChI=1S/C17H22INO2/c1-12(2)9-19-10-17-7-14(13(3)21-17)11-20-16-6-4-5-15(18)8-16/h4-8,12,19H,9-11H2,1-3H3. The molecule has 0 aliphatic heterocycles. The molecule has 0 bridgehead atoms. The third-order valence-corrected chi connectivity index (χ3v) is 3.78. The van der Waals surface area contributed by atoms with E-state index in [2.05, 4.69) is 53.9 Å². The molecule has 0 aliphatic rings. The molecule has 4 heteroatoms.